The molecule has 4 atom stereocenters. The van der Waals surface area contributed by atoms with Crippen molar-refractivity contribution >= 4 is 22.6 Å². The van der Waals surface area contributed by atoms with E-state index in [4.69, 9.17) is 13.6 Å². The molecule has 0 aromatic heterocycles. The molecule has 0 heterocycles. The van der Waals surface area contributed by atoms with Crippen molar-refractivity contribution in [1.82, 2.24) is 0 Å². The maximum atomic E-state index is 11.5. The van der Waals surface area contributed by atoms with E-state index >= 15 is 0 Å². The third-order valence-electron chi connectivity index (χ3n) is 8.74. The van der Waals surface area contributed by atoms with E-state index in [9.17, 15) is 9.90 Å². The molecule has 1 aliphatic rings. The fraction of sp³-hybridized carbons (Fsp3) is 0.889. The number of carbonyl (C=O) groups is 1. The molecule has 1 aliphatic carbocycles. The van der Waals surface area contributed by atoms with Crippen molar-refractivity contribution in [3.8, 4) is 0 Å². The van der Waals surface area contributed by atoms with Crippen LogP contribution >= 0.6 is 0 Å². The summed E-state index contributed by atoms with van der Waals surface area (Å²) in [6.07, 6.45) is 3.89. The number of carbonyl (C=O) groups excluding carboxylic acids is 1. The Morgan fingerprint density at radius 3 is 1.97 bits per heavy atom. The molecule has 0 radical (unpaired) electrons. The summed E-state index contributed by atoms with van der Waals surface area (Å²) in [4.78, 5) is 11.5. The molecule has 5 nitrogen and oxygen atoms in total. The normalized spacial score (nSPS) is 24.4. The Morgan fingerprint density at radius 2 is 1.50 bits per heavy atom. The second kappa shape index (κ2) is 12.2. The molecule has 0 aromatic rings. The van der Waals surface area contributed by atoms with Gasteiger partial charge in [0, 0.05) is 25.6 Å². The quantitative estimate of drug-likeness (QED) is 0.132. The maximum absolute atomic E-state index is 11.5. The number of rotatable bonds is 12. The first kappa shape index (κ1) is 31.6. The van der Waals surface area contributed by atoms with Crippen molar-refractivity contribution in [3.05, 3.63) is 12.2 Å². The Bertz CT molecular complexity index is 675. The van der Waals surface area contributed by atoms with Gasteiger partial charge in [0.05, 0.1) is 13.2 Å². The molecule has 0 bridgehead atoms. The summed E-state index contributed by atoms with van der Waals surface area (Å²) in [5, 5.41) is 10.6. The van der Waals surface area contributed by atoms with E-state index in [0.29, 0.717) is 13.0 Å². The van der Waals surface area contributed by atoms with Gasteiger partial charge in [-0.05, 0) is 73.8 Å². The minimum Gasteiger partial charge on any atom is -0.469 e. The average molecular weight is 515 g/mol. The lowest BCUT2D eigenvalue weighted by atomic mass is 9.81. The van der Waals surface area contributed by atoms with Gasteiger partial charge in [-0.3, -0.25) is 4.79 Å². The molecule has 1 fully saturated rings. The zero-order valence-corrected chi connectivity index (χ0v) is 26.0. The number of methoxy groups -OCH3 is 1. The Kier molecular flexibility index (Phi) is 11.3. The van der Waals surface area contributed by atoms with Crippen LogP contribution in [0.4, 0.5) is 0 Å². The number of aliphatic hydroxyl groups is 1. The summed E-state index contributed by atoms with van der Waals surface area (Å²) in [6, 6.07) is 0. The average Bonchev–Trinajstić information content (AvgIpc) is 3.04. The Hall–Kier alpha value is -0.476. The number of allylic oxidation sites excluding steroid dienone is 1. The van der Waals surface area contributed by atoms with Crippen LogP contribution < -0.4 is 0 Å². The van der Waals surface area contributed by atoms with Crippen molar-refractivity contribution in [2.24, 2.45) is 17.8 Å². The largest absolute Gasteiger partial charge is 0.469 e. The van der Waals surface area contributed by atoms with Crippen LogP contribution in [0, 0.1) is 17.8 Å². The summed E-state index contributed by atoms with van der Waals surface area (Å²) in [6.45, 7) is 28.1. The van der Waals surface area contributed by atoms with Crippen molar-refractivity contribution in [3.63, 3.8) is 0 Å². The molecule has 1 rings (SSSR count). The number of unbranched alkanes of at least 4 members (excludes halogenated alkanes) is 1. The van der Waals surface area contributed by atoms with Crippen LogP contribution in [0.3, 0.4) is 0 Å². The zero-order valence-electron chi connectivity index (χ0n) is 24.0. The minimum absolute atomic E-state index is 0.0691. The highest BCUT2D eigenvalue weighted by molar-refractivity contribution is 6.74. The van der Waals surface area contributed by atoms with Gasteiger partial charge in [0.1, 0.15) is 0 Å². The third kappa shape index (κ3) is 8.29. The fourth-order valence-corrected chi connectivity index (χ4v) is 6.76. The van der Waals surface area contributed by atoms with Gasteiger partial charge in [-0.15, -0.1) is 0 Å². The van der Waals surface area contributed by atoms with Crippen molar-refractivity contribution in [2.45, 2.75) is 116 Å². The van der Waals surface area contributed by atoms with Gasteiger partial charge in [-0.2, -0.15) is 0 Å². The molecule has 0 spiro atoms. The Labute approximate surface area is 212 Å². The topological polar surface area (TPSA) is 65.0 Å². The summed E-state index contributed by atoms with van der Waals surface area (Å²) in [5.74, 6) is 0.329. The van der Waals surface area contributed by atoms with Crippen LogP contribution in [0.15, 0.2) is 12.2 Å². The molecule has 1 saturated carbocycles. The van der Waals surface area contributed by atoms with Gasteiger partial charge in [0.2, 0.25) is 0 Å². The van der Waals surface area contributed by atoms with Crippen molar-refractivity contribution < 1.29 is 23.5 Å². The lowest BCUT2D eigenvalue weighted by molar-refractivity contribution is -0.140. The van der Waals surface area contributed by atoms with E-state index < -0.39 is 16.6 Å². The van der Waals surface area contributed by atoms with Gasteiger partial charge in [-0.1, -0.05) is 53.7 Å². The molecule has 7 heteroatoms. The summed E-state index contributed by atoms with van der Waals surface area (Å²) in [7, 11) is -2.48. The number of hydrogen-bond donors (Lipinski definition) is 1. The van der Waals surface area contributed by atoms with E-state index in [2.05, 4.69) is 74.3 Å². The molecule has 0 saturated heterocycles. The van der Waals surface area contributed by atoms with Crippen LogP contribution in [0.1, 0.15) is 73.6 Å². The second-order valence-electron chi connectivity index (χ2n) is 13.3. The molecular formula is C27H54O5Si2. The van der Waals surface area contributed by atoms with Crippen molar-refractivity contribution in [1.29, 1.82) is 0 Å². The molecule has 34 heavy (non-hydrogen) atoms. The highest BCUT2D eigenvalue weighted by Gasteiger charge is 2.50. The van der Waals surface area contributed by atoms with Crippen LogP contribution in [0.5, 0.6) is 0 Å². The molecule has 0 aromatic carbocycles. The fourth-order valence-electron chi connectivity index (χ4n) is 4.34. The molecular weight excluding hydrogens is 460 g/mol. The smallest absolute Gasteiger partial charge is 0.305 e. The lowest BCUT2D eigenvalue weighted by Gasteiger charge is -2.42. The van der Waals surface area contributed by atoms with E-state index in [-0.39, 0.29) is 46.5 Å². The Morgan fingerprint density at radius 1 is 0.971 bits per heavy atom. The van der Waals surface area contributed by atoms with Crippen molar-refractivity contribution in [2.75, 3.05) is 20.3 Å². The van der Waals surface area contributed by atoms with Crippen LogP contribution in [-0.4, -0.2) is 54.1 Å². The van der Waals surface area contributed by atoms with Gasteiger partial charge < -0.3 is 18.7 Å². The molecule has 0 amide bonds. The highest BCUT2D eigenvalue weighted by atomic mass is 28.4. The van der Waals surface area contributed by atoms with Gasteiger partial charge in [0.25, 0.3) is 0 Å². The monoisotopic (exact) mass is 514 g/mol. The number of aliphatic hydroxyl groups excluding tert-OH is 1. The Balaban J connectivity index is 3.12. The first-order valence-electron chi connectivity index (χ1n) is 13.0. The van der Waals surface area contributed by atoms with Crippen LogP contribution in [-0.2, 0) is 18.4 Å². The number of ether oxygens (including phenoxy) is 1. The molecule has 200 valence electrons. The summed E-state index contributed by atoms with van der Waals surface area (Å²) < 4.78 is 18.5. The number of hydrogen-bond acceptors (Lipinski definition) is 5. The van der Waals surface area contributed by atoms with Crippen LogP contribution in [0.25, 0.3) is 0 Å². The summed E-state index contributed by atoms with van der Waals surface area (Å²) >= 11 is 0. The summed E-state index contributed by atoms with van der Waals surface area (Å²) in [5.41, 5.74) is 1.16. The third-order valence-corrected chi connectivity index (χ3v) is 17.7. The lowest BCUT2D eigenvalue weighted by Crippen LogP contribution is -2.47. The molecule has 0 aliphatic heterocycles. The van der Waals surface area contributed by atoms with E-state index in [1.165, 1.54) is 7.11 Å². The first-order chi connectivity index (χ1) is 15.4. The predicted octanol–water partition coefficient (Wildman–Crippen LogP) is 6.93. The van der Waals surface area contributed by atoms with Gasteiger partial charge >= 0.3 is 5.97 Å². The highest BCUT2D eigenvalue weighted by Crippen LogP contribution is 2.48. The molecule has 0 unspecified atom stereocenters. The minimum atomic E-state index is -1.98. The number of esters is 1. The van der Waals surface area contributed by atoms with E-state index in [1.807, 2.05) is 0 Å². The van der Waals surface area contributed by atoms with E-state index in [1.54, 1.807) is 0 Å². The maximum Gasteiger partial charge on any atom is 0.305 e. The zero-order chi connectivity index (χ0) is 26.5. The SMILES string of the molecule is C=C(CCCCC(=O)OC)[C@@H]1[C@H](CO)C[C@H](O[Si](C)(C)C(C)(C)C)[C@H]1CO[Si](C)(C)C(C)(C)C. The van der Waals surface area contributed by atoms with Gasteiger partial charge in [-0.25, -0.2) is 0 Å². The van der Waals surface area contributed by atoms with E-state index in [0.717, 1.165) is 31.3 Å². The second-order valence-corrected chi connectivity index (χ2v) is 22.9. The predicted molar refractivity (Wildman–Crippen MR) is 147 cm³/mol. The van der Waals surface area contributed by atoms with Crippen LogP contribution in [0.2, 0.25) is 36.3 Å². The standard InChI is InChI=1S/C27H54O5Si2/c1-20(15-13-14-16-24(29)30-8)25-21(18-28)17-23(32-34(11,12)27(5,6)7)22(25)19-31-33(9,10)26(2,3)4/h21-23,25,28H,1,13-19H2,2-12H3/t21-,22+,23-,25+/m0/s1. The first-order valence-corrected chi connectivity index (χ1v) is 18.9. The molecule has 1 N–H and O–H groups in total. The van der Waals surface area contributed by atoms with Gasteiger partial charge in [0.15, 0.2) is 16.6 Å².